The normalized spacial score (nSPS) is 13.9. The van der Waals surface area contributed by atoms with Crippen LogP contribution in [0.2, 0.25) is 0 Å². The molecule has 1 aromatic heterocycles. The standard InChI is InChI=1S/C81H114N14O14S/c1-10-11-27-59-39-42-70(60(50-59)30-18-13-12-14-19-37-73(97)82-44-45-83-75(99)63-40-43-72(84-52-63)92-87-53-62-32-21-23-36-71(62)110(106,107)108)109-81(105)94(9)68-34-22-20-31-61(68)51-85-76(100)66(48-55(2)3)90-78(102)64(33-24-25-46-93(7)8)89-79(103)65(41-38-58-28-16-15-17-29-58)88-74(98)54-86-77(101)67(49-56(4)5)91-80(104)69-35-26-47-95(69)57(6)96/h15-17,20-23,28-29,31-32,34,36,39-40,42-43,50,52-53,55-56,64-67,69H,10-14,18-19,24-27,30,33,35,37-38,41,44-49,51,54H2,1-9H3,(H,82,97)(H,83,99)(H,84,92)(H,85,100)(H,86,101)(H,88,98)(H,89,103)(H,90,102)(H,91,104)(H,106,107,108)/b87-53+/t64-,65-,66-,67-,69-/m0/s1. The molecule has 28 nitrogen and oxygen atoms in total. The van der Waals surface area contributed by atoms with E-state index in [0.29, 0.717) is 81.5 Å². The van der Waals surface area contributed by atoms with E-state index in [9.17, 15) is 60.9 Å². The van der Waals surface area contributed by atoms with Gasteiger partial charge in [0.25, 0.3) is 16.0 Å². The molecular weight excluding hydrogens is 1430 g/mol. The number of para-hydroxylation sites is 1. The number of aromatic nitrogens is 1. The maximum Gasteiger partial charge on any atom is 0.419 e. The molecule has 1 saturated heterocycles. The van der Waals surface area contributed by atoms with Gasteiger partial charge in [-0.15, -0.1) is 0 Å². The Morgan fingerprint density at radius 1 is 0.636 bits per heavy atom. The molecule has 0 spiro atoms. The molecule has 10 amide bonds. The van der Waals surface area contributed by atoms with Crippen LogP contribution in [0.5, 0.6) is 5.75 Å². The summed E-state index contributed by atoms with van der Waals surface area (Å²) in [5.74, 6) is -3.60. The zero-order chi connectivity index (χ0) is 80.1. The van der Waals surface area contributed by atoms with Crippen molar-refractivity contribution in [3.63, 3.8) is 0 Å². The molecule has 1 fully saturated rings. The number of likely N-dealkylation sites (tertiary alicyclic amines) is 1. The zero-order valence-electron chi connectivity index (χ0n) is 65.2. The van der Waals surface area contributed by atoms with E-state index in [-0.39, 0.29) is 90.8 Å². The number of ether oxygens (including phenoxy) is 1. The highest BCUT2D eigenvalue weighted by Gasteiger charge is 2.36. The predicted molar refractivity (Wildman–Crippen MR) is 423 cm³/mol. The van der Waals surface area contributed by atoms with Crippen molar-refractivity contribution in [1.82, 2.24) is 57.3 Å². The van der Waals surface area contributed by atoms with Crippen molar-refractivity contribution >= 4 is 87.1 Å². The van der Waals surface area contributed by atoms with Gasteiger partial charge in [-0.05, 0) is 175 Å². The molecule has 0 aliphatic carbocycles. The molecule has 1 aliphatic heterocycles. The van der Waals surface area contributed by atoms with Crippen molar-refractivity contribution in [2.45, 2.75) is 205 Å². The van der Waals surface area contributed by atoms with Crippen LogP contribution in [-0.2, 0) is 74.3 Å². The second kappa shape index (κ2) is 46.4. The monoisotopic (exact) mass is 1540 g/mol. The number of unbranched alkanes of at least 4 members (excludes halogenated alkanes) is 6. The first kappa shape index (κ1) is 88.8. The summed E-state index contributed by atoms with van der Waals surface area (Å²) in [6.45, 7) is 12.2. The van der Waals surface area contributed by atoms with Crippen LogP contribution in [0.25, 0.3) is 0 Å². The topological polar surface area (TPSA) is 378 Å². The highest BCUT2D eigenvalue weighted by atomic mass is 32.2. The van der Waals surface area contributed by atoms with Gasteiger partial charge in [0, 0.05) is 58.3 Å². The lowest BCUT2D eigenvalue weighted by Crippen LogP contribution is -2.57. The fourth-order valence-electron chi connectivity index (χ4n) is 12.7. The SMILES string of the molecule is CCCCc1ccc(OC(=O)N(C)c2ccccc2CNC(=O)[C@H](CC(C)C)NC(=O)[C@H](CCCCN(C)C)NC(=O)[C@H](CCc2ccccc2)NC(=O)CNC(=O)[C@H](CC(C)C)NC(=O)[C@@H]2CCCN2C(C)=O)c(CCCCCCCC(=O)NCCNC(=O)c2ccc(N/N=C/c3ccccc3S(=O)(=O)O)nc2)c1. The number of aryl methyl sites for hydroxylation is 3. The van der Waals surface area contributed by atoms with Crippen LogP contribution in [0.15, 0.2) is 125 Å². The Morgan fingerprint density at radius 2 is 1.29 bits per heavy atom. The fourth-order valence-corrected chi connectivity index (χ4v) is 13.4. The van der Waals surface area contributed by atoms with Crippen LogP contribution in [0.1, 0.15) is 182 Å². The summed E-state index contributed by atoms with van der Waals surface area (Å²) in [7, 11) is 1.02. The molecule has 5 atom stereocenters. The van der Waals surface area contributed by atoms with Crippen molar-refractivity contribution in [3.05, 3.63) is 149 Å². The number of carbonyl (C=O) groups is 10. The van der Waals surface area contributed by atoms with Gasteiger partial charge in [-0.25, -0.2) is 9.78 Å². The van der Waals surface area contributed by atoms with E-state index < -0.39 is 94.3 Å². The Kier molecular flexibility index (Phi) is 37.4. The number of anilines is 2. The van der Waals surface area contributed by atoms with Crippen molar-refractivity contribution in [2.24, 2.45) is 16.9 Å². The summed E-state index contributed by atoms with van der Waals surface area (Å²) < 4.78 is 38.9. The molecule has 10 N–H and O–H groups in total. The number of nitrogens with one attached hydrogen (secondary N) is 9. The number of amides is 10. The van der Waals surface area contributed by atoms with Gasteiger partial charge in [0.1, 0.15) is 46.7 Å². The number of hydrazone groups is 1. The summed E-state index contributed by atoms with van der Waals surface area (Å²) in [4.78, 5) is 145. The van der Waals surface area contributed by atoms with Gasteiger partial charge < -0.3 is 57.1 Å². The predicted octanol–water partition coefficient (Wildman–Crippen LogP) is 8.32. The lowest BCUT2D eigenvalue weighted by molar-refractivity contribution is -0.138. The van der Waals surface area contributed by atoms with Crippen molar-refractivity contribution in [1.29, 1.82) is 0 Å². The molecule has 0 radical (unpaired) electrons. The van der Waals surface area contributed by atoms with Gasteiger partial charge in [-0.3, -0.25) is 58.0 Å². The van der Waals surface area contributed by atoms with Gasteiger partial charge >= 0.3 is 6.09 Å². The minimum atomic E-state index is -4.45. The van der Waals surface area contributed by atoms with E-state index >= 15 is 0 Å². The summed E-state index contributed by atoms with van der Waals surface area (Å²) in [5.41, 5.74) is 7.08. The number of benzene rings is 4. The number of carbonyl (C=O) groups excluding carboxylic acids is 10. The van der Waals surface area contributed by atoms with E-state index in [2.05, 4.69) is 71.0 Å². The Bertz CT molecular complexity index is 3990. The molecule has 5 aromatic rings. The van der Waals surface area contributed by atoms with Crippen LogP contribution < -0.4 is 57.6 Å². The molecule has 4 aromatic carbocycles. The van der Waals surface area contributed by atoms with Crippen LogP contribution >= 0.6 is 0 Å². The van der Waals surface area contributed by atoms with E-state index in [1.54, 1.807) is 37.4 Å². The van der Waals surface area contributed by atoms with E-state index in [1.165, 1.54) is 59.5 Å². The number of rotatable bonds is 46. The number of nitrogens with zero attached hydrogens (tertiary/aromatic N) is 5. The minimum Gasteiger partial charge on any atom is -0.410 e. The first-order valence-corrected chi connectivity index (χ1v) is 39.8. The maximum atomic E-state index is 14.7. The Labute approximate surface area is 647 Å². The molecule has 2 heterocycles. The summed E-state index contributed by atoms with van der Waals surface area (Å²) in [5, 5.41) is 26.7. The van der Waals surface area contributed by atoms with E-state index in [4.69, 9.17) is 4.74 Å². The number of pyridine rings is 1. The second-order valence-corrected chi connectivity index (χ2v) is 30.4. The second-order valence-electron chi connectivity index (χ2n) is 29.0. The van der Waals surface area contributed by atoms with E-state index in [0.717, 1.165) is 61.6 Å². The van der Waals surface area contributed by atoms with Crippen LogP contribution in [0, 0.1) is 11.8 Å². The van der Waals surface area contributed by atoms with Crippen LogP contribution in [-0.4, -0.2) is 177 Å². The highest BCUT2D eigenvalue weighted by Crippen LogP contribution is 2.28. The molecule has 6 rings (SSSR count). The smallest absolute Gasteiger partial charge is 0.410 e. The average Bonchev–Trinajstić information content (AvgIpc) is 1.39. The fraction of sp³-hybridized carbons (Fsp3) is 0.506. The maximum absolute atomic E-state index is 14.7. The number of hydrogen-bond donors (Lipinski definition) is 10. The summed E-state index contributed by atoms with van der Waals surface area (Å²) >= 11 is 0. The van der Waals surface area contributed by atoms with Gasteiger partial charge in [-0.2, -0.15) is 13.5 Å². The molecule has 0 saturated carbocycles. The largest absolute Gasteiger partial charge is 0.419 e. The van der Waals surface area contributed by atoms with Crippen molar-refractivity contribution in [3.8, 4) is 5.75 Å². The molecular formula is C81H114N14O14S. The molecule has 110 heavy (non-hydrogen) atoms. The van der Waals surface area contributed by atoms with Crippen molar-refractivity contribution in [2.75, 3.05) is 64.2 Å². The van der Waals surface area contributed by atoms with Gasteiger partial charge in [-0.1, -0.05) is 139 Å². The molecule has 0 bridgehead atoms. The summed E-state index contributed by atoms with van der Waals surface area (Å²) in [6.07, 6.45) is 13.4. The van der Waals surface area contributed by atoms with Crippen molar-refractivity contribution < 1.29 is 65.7 Å². The minimum absolute atomic E-state index is 0.0200. The average molecular weight is 1540 g/mol. The first-order valence-electron chi connectivity index (χ1n) is 38.3. The lowest BCUT2D eigenvalue weighted by atomic mass is 10.00. The lowest BCUT2D eigenvalue weighted by Gasteiger charge is -2.27. The Hall–Kier alpha value is -10.1. The first-order chi connectivity index (χ1) is 52.6. The third-order valence-electron chi connectivity index (χ3n) is 18.7. The van der Waals surface area contributed by atoms with E-state index in [1.807, 2.05) is 89.2 Å². The molecule has 0 unspecified atom stereocenters. The van der Waals surface area contributed by atoms with Crippen LogP contribution in [0.4, 0.5) is 16.3 Å². The van der Waals surface area contributed by atoms with Gasteiger partial charge in [0.2, 0.25) is 47.3 Å². The van der Waals surface area contributed by atoms with Gasteiger partial charge in [0.05, 0.1) is 24.0 Å². The highest BCUT2D eigenvalue weighted by molar-refractivity contribution is 7.86. The molecule has 1 aliphatic rings. The van der Waals surface area contributed by atoms with Crippen LogP contribution in [0.3, 0.4) is 0 Å². The zero-order valence-corrected chi connectivity index (χ0v) is 66.0. The summed E-state index contributed by atoms with van der Waals surface area (Å²) in [6, 6.07) is 26.2. The van der Waals surface area contributed by atoms with Gasteiger partial charge in [0.15, 0.2) is 0 Å². The molecule has 29 heteroatoms. The Balaban J connectivity index is 1.01. The third kappa shape index (κ3) is 31.1. The number of hydrogen-bond acceptors (Lipinski definition) is 17. The third-order valence-corrected chi connectivity index (χ3v) is 19.6. The quantitative estimate of drug-likeness (QED) is 0.00757. The Morgan fingerprint density at radius 3 is 1.98 bits per heavy atom. The molecule has 598 valence electrons.